The van der Waals surface area contributed by atoms with Gasteiger partial charge in [-0.25, -0.2) is 0 Å². The van der Waals surface area contributed by atoms with Gasteiger partial charge in [-0.3, -0.25) is 0 Å². The van der Waals surface area contributed by atoms with Gasteiger partial charge in [0.05, 0.1) is 19.3 Å². The summed E-state index contributed by atoms with van der Waals surface area (Å²) in [6, 6.07) is 5.54. The topological polar surface area (TPSA) is 73.9 Å². The van der Waals surface area contributed by atoms with E-state index in [4.69, 9.17) is 19.9 Å². The van der Waals surface area contributed by atoms with Crippen LogP contribution in [0.2, 0.25) is 0 Å². The molecule has 0 heterocycles. The lowest BCUT2D eigenvalue weighted by molar-refractivity contribution is -0.0423. The number of benzene rings is 1. The fraction of sp³-hybridized carbons (Fsp3) is 0.600. The highest BCUT2D eigenvalue weighted by molar-refractivity contribution is 9.10. The Morgan fingerprint density at radius 3 is 2.57 bits per heavy atom. The molecule has 21 heavy (non-hydrogen) atoms. The quantitative estimate of drug-likeness (QED) is 0.705. The molecule has 0 spiro atoms. The van der Waals surface area contributed by atoms with Crippen LogP contribution in [0.5, 0.6) is 5.75 Å². The van der Waals surface area contributed by atoms with Crippen LogP contribution in [-0.4, -0.2) is 44.2 Å². The lowest BCUT2D eigenvalue weighted by Crippen LogP contribution is -2.27. The van der Waals surface area contributed by atoms with Crippen LogP contribution < -0.4 is 10.5 Å². The van der Waals surface area contributed by atoms with Crippen molar-refractivity contribution in [3.63, 3.8) is 0 Å². The SMILES string of the molecule is COCC(C)OCC(O)COc1cc(Br)ccc1[C@H](C)N. The maximum atomic E-state index is 9.89. The molecule has 0 amide bonds. The van der Waals surface area contributed by atoms with Crippen LogP contribution in [0.4, 0.5) is 0 Å². The van der Waals surface area contributed by atoms with Gasteiger partial charge in [0, 0.05) is 23.2 Å². The summed E-state index contributed by atoms with van der Waals surface area (Å²) in [6.45, 7) is 4.62. The second-order valence-electron chi connectivity index (χ2n) is 5.03. The molecule has 0 aliphatic carbocycles. The zero-order valence-corrected chi connectivity index (χ0v) is 14.3. The van der Waals surface area contributed by atoms with Gasteiger partial charge in [0.15, 0.2) is 0 Å². The van der Waals surface area contributed by atoms with Crippen molar-refractivity contribution in [3.8, 4) is 5.75 Å². The molecule has 0 bridgehead atoms. The number of ether oxygens (including phenoxy) is 3. The predicted molar refractivity (Wildman–Crippen MR) is 85.5 cm³/mol. The highest BCUT2D eigenvalue weighted by Crippen LogP contribution is 2.27. The number of nitrogens with two attached hydrogens (primary N) is 1. The van der Waals surface area contributed by atoms with Gasteiger partial charge in [0.2, 0.25) is 0 Å². The molecule has 0 saturated carbocycles. The van der Waals surface area contributed by atoms with Crippen LogP contribution in [0, 0.1) is 0 Å². The Morgan fingerprint density at radius 2 is 1.95 bits per heavy atom. The molecule has 120 valence electrons. The van der Waals surface area contributed by atoms with Crippen molar-refractivity contribution in [2.75, 3.05) is 26.9 Å². The minimum absolute atomic E-state index is 0.0601. The summed E-state index contributed by atoms with van der Waals surface area (Å²) < 4.78 is 17.0. The molecule has 3 atom stereocenters. The van der Waals surface area contributed by atoms with E-state index in [9.17, 15) is 5.11 Å². The summed E-state index contributed by atoms with van der Waals surface area (Å²) in [6.07, 6.45) is -0.764. The minimum atomic E-state index is -0.704. The van der Waals surface area contributed by atoms with Gasteiger partial charge in [-0.2, -0.15) is 0 Å². The number of aliphatic hydroxyl groups excluding tert-OH is 1. The number of halogens is 1. The van der Waals surface area contributed by atoms with Crippen molar-refractivity contribution < 1.29 is 19.3 Å². The summed E-state index contributed by atoms with van der Waals surface area (Å²) in [5.41, 5.74) is 6.81. The molecule has 0 fully saturated rings. The van der Waals surface area contributed by atoms with Crippen molar-refractivity contribution in [3.05, 3.63) is 28.2 Å². The molecule has 0 aromatic heterocycles. The lowest BCUT2D eigenvalue weighted by Gasteiger charge is -2.18. The molecule has 1 aromatic carbocycles. The Balaban J connectivity index is 2.49. The fourth-order valence-corrected chi connectivity index (χ4v) is 2.14. The van der Waals surface area contributed by atoms with Gasteiger partial charge in [-0.1, -0.05) is 22.0 Å². The van der Waals surface area contributed by atoms with E-state index < -0.39 is 6.10 Å². The summed E-state index contributed by atoms with van der Waals surface area (Å²) >= 11 is 3.40. The van der Waals surface area contributed by atoms with Crippen LogP contribution >= 0.6 is 15.9 Å². The van der Waals surface area contributed by atoms with Crippen molar-refractivity contribution in [2.45, 2.75) is 32.1 Å². The fourth-order valence-electron chi connectivity index (χ4n) is 1.80. The third-order valence-corrected chi connectivity index (χ3v) is 3.37. The van der Waals surface area contributed by atoms with Crippen molar-refractivity contribution >= 4 is 15.9 Å². The van der Waals surface area contributed by atoms with E-state index in [1.165, 1.54) is 0 Å². The van der Waals surface area contributed by atoms with E-state index in [1.807, 2.05) is 32.0 Å². The Labute approximate surface area is 134 Å². The standard InChI is InChI=1S/C15H24BrNO4/c1-10(7-19-3)20-8-13(18)9-21-15-6-12(16)4-5-14(15)11(2)17/h4-6,10-11,13,18H,7-9,17H2,1-3H3/t10?,11-,13?/m0/s1. The van der Waals surface area contributed by atoms with Gasteiger partial charge in [0.25, 0.3) is 0 Å². The monoisotopic (exact) mass is 361 g/mol. The molecule has 0 aliphatic rings. The maximum absolute atomic E-state index is 9.89. The minimum Gasteiger partial charge on any atom is -0.490 e. The number of hydrogen-bond donors (Lipinski definition) is 2. The lowest BCUT2D eigenvalue weighted by atomic mass is 10.1. The Kier molecular flexibility index (Phi) is 8.21. The second-order valence-corrected chi connectivity index (χ2v) is 5.95. The molecule has 1 aromatic rings. The molecule has 0 aliphatic heterocycles. The zero-order valence-electron chi connectivity index (χ0n) is 12.7. The summed E-state index contributed by atoms with van der Waals surface area (Å²) in [5, 5.41) is 9.89. The van der Waals surface area contributed by atoms with Crippen molar-refractivity contribution in [1.29, 1.82) is 0 Å². The summed E-state index contributed by atoms with van der Waals surface area (Å²) in [4.78, 5) is 0. The summed E-state index contributed by atoms with van der Waals surface area (Å²) in [7, 11) is 1.61. The maximum Gasteiger partial charge on any atom is 0.125 e. The first kappa shape index (κ1) is 18.4. The average molecular weight is 362 g/mol. The molecule has 1 rings (SSSR count). The van der Waals surface area contributed by atoms with E-state index in [1.54, 1.807) is 7.11 Å². The normalized spacial score (nSPS) is 15.5. The van der Waals surface area contributed by atoms with E-state index in [0.717, 1.165) is 10.0 Å². The Hall–Kier alpha value is -0.660. The molecule has 0 radical (unpaired) electrons. The van der Waals surface area contributed by atoms with E-state index in [2.05, 4.69) is 15.9 Å². The number of aliphatic hydroxyl groups is 1. The van der Waals surface area contributed by atoms with Gasteiger partial charge >= 0.3 is 0 Å². The molecule has 0 saturated heterocycles. The third kappa shape index (κ3) is 6.76. The molecule has 5 nitrogen and oxygen atoms in total. The highest BCUT2D eigenvalue weighted by atomic mass is 79.9. The van der Waals surface area contributed by atoms with Gasteiger partial charge in [-0.15, -0.1) is 0 Å². The van der Waals surface area contributed by atoms with E-state index in [-0.39, 0.29) is 25.4 Å². The number of rotatable bonds is 9. The van der Waals surface area contributed by atoms with E-state index in [0.29, 0.717) is 12.4 Å². The first-order chi connectivity index (χ1) is 9.93. The number of methoxy groups -OCH3 is 1. The molecule has 3 N–H and O–H groups in total. The van der Waals surface area contributed by atoms with Crippen LogP contribution in [0.25, 0.3) is 0 Å². The Morgan fingerprint density at radius 1 is 1.24 bits per heavy atom. The molecular formula is C15H24BrNO4. The van der Waals surface area contributed by atoms with Gasteiger partial charge in [0.1, 0.15) is 18.5 Å². The third-order valence-electron chi connectivity index (χ3n) is 2.87. The smallest absolute Gasteiger partial charge is 0.125 e. The second kappa shape index (κ2) is 9.38. The zero-order chi connectivity index (χ0) is 15.8. The molecule has 6 heteroatoms. The van der Waals surface area contributed by atoms with Crippen molar-refractivity contribution in [2.24, 2.45) is 5.73 Å². The first-order valence-corrected chi connectivity index (χ1v) is 7.69. The molecular weight excluding hydrogens is 338 g/mol. The summed E-state index contributed by atoms with van der Waals surface area (Å²) in [5.74, 6) is 0.670. The first-order valence-electron chi connectivity index (χ1n) is 6.90. The van der Waals surface area contributed by atoms with Crippen LogP contribution in [0.3, 0.4) is 0 Å². The van der Waals surface area contributed by atoms with Crippen LogP contribution in [0.15, 0.2) is 22.7 Å². The number of hydrogen-bond acceptors (Lipinski definition) is 5. The largest absolute Gasteiger partial charge is 0.490 e. The predicted octanol–water partition coefficient (Wildman–Crippen LogP) is 2.26. The Bertz CT molecular complexity index is 428. The van der Waals surface area contributed by atoms with E-state index >= 15 is 0 Å². The van der Waals surface area contributed by atoms with Crippen LogP contribution in [-0.2, 0) is 9.47 Å². The van der Waals surface area contributed by atoms with Gasteiger partial charge < -0.3 is 25.1 Å². The highest BCUT2D eigenvalue weighted by Gasteiger charge is 2.12. The average Bonchev–Trinajstić information content (AvgIpc) is 2.43. The van der Waals surface area contributed by atoms with Crippen LogP contribution in [0.1, 0.15) is 25.5 Å². The van der Waals surface area contributed by atoms with Crippen molar-refractivity contribution in [1.82, 2.24) is 0 Å². The molecule has 2 unspecified atom stereocenters. The van der Waals surface area contributed by atoms with Gasteiger partial charge in [-0.05, 0) is 26.0 Å².